The maximum absolute atomic E-state index is 12.1. The molecule has 0 radical (unpaired) electrons. The van der Waals surface area contributed by atoms with Gasteiger partial charge in [-0.3, -0.25) is 4.79 Å². The van der Waals surface area contributed by atoms with Gasteiger partial charge < -0.3 is 20.2 Å². The molecule has 0 aromatic heterocycles. The third kappa shape index (κ3) is 4.11. The van der Waals surface area contributed by atoms with E-state index in [4.69, 9.17) is 0 Å². The molecule has 7 heteroatoms. The first kappa shape index (κ1) is 16.3. The molecule has 1 atom stereocenters. The largest absolute Gasteiger partial charge is 0.480 e. The first-order valence-corrected chi connectivity index (χ1v) is 6.65. The summed E-state index contributed by atoms with van der Waals surface area (Å²) in [6.07, 6.45) is 0.683. The van der Waals surface area contributed by atoms with E-state index in [-0.39, 0.29) is 12.5 Å². The van der Waals surface area contributed by atoms with Crippen LogP contribution < -0.4 is 5.32 Å². The first-order valence-electron chi connectivity index (χ1n) is 6.65. The minimum absolute atomic E-state index is 0.0151. The number of hydrogen-bond donors (Lipinski definition) is 2. The molecule has 0 unspecified atom stereocenters. The Labute approximate surface area is 118 Å². The van der Waals surface area contributed by atoms with Crippen LogP contribution in [-0.4, -0.2) is 65.5 Å². The van der Waals surface area contributed by atoms with Crippen molar-refractivity contribution in [3.63, 3.8) is 0 Å². The number of rotatable bonds is 2. The van der Waals surface area contributed by atoms with Gasteiger partial charge in [-0.15, -0.1) is 0 Å². The van der Waals surface area contributed by atoms with Crippen molar-refractivity contribution in [3.8, 4) is 0 Å². The van der Waals surface area contributed by atoms with Gasteiger partial charge in [-0.05, 0) is 11.8 Å². The summed E-state index contributed by atoms with van der Waals surface area (Å²) >= 11 is 0. The van der Waals surface area contributed by atoms with Gasteiger partial charge in [0, 0.05) is 20.1 Å². The Bertz CT molecular complexity index is 403. The molecule has 1 heterocycles. The molecule has 1 saturated heterocycles. The van der Waals surface area contributed by atoms with E-state index in [2.05, 4.69) is 5.32 Å². The average molecular weight is 285 g/mol. The fraction of sp³-hybridized carbons (Fsp3) is 0.769. The number of aliphatic carboxylic acids is 1. The third-order valence-corrected chi connectivity index (χ3v) is 3.34. The molecule has 2 N–H and O–H groups in total. The standard InChI is InChI=1S/C13H23N3O4/c1-13(2,3)10(11(18)19)14-12(20)16-7-5-6-15(4)9(17)8-16/h10H,5-8H2,1-4H3,(H,14,20)(H,18,19)/t10-/m0/s1. The van der Waals surface area contributed by atoms with Gasteiger partial charge in [0.1, 0.15) is 12.6 Å². The lowest BCUT2D eigenvalue weighted by Gasteiger charge is -2.30. The maximum Gasteiger partial charge on any atom is 0.326 e. The van der Waals surface area contributed by atoms with Gasteiger partial charge in [0.25, 0.3) is 0 Å². The van der Waals surface area contributed by atoms with E-state index >= 15 is 0 Å². The molecular weight excluding hydrogens is 262 g/mol. The molecule has 0 aromatic rings. The molecule has 1 aliphatic heterocycles. The molecule has 0 aromatic carbocycles. The topological polar surface area (TPSA) is 89.9 Å². The predicted octanol–water partition coefficient (Wildman–Crippen LogP) is 0.359. The summed E-state index contributed by atoms with van der Waals surface area (Å²) in [6, 6.07) is -1.50. The molecule has 3 amide bonds. The molecule has 1 fully saturated rings. The average Bonchev–Trinajstić information content (AvgIpc) is 2.47. The molecule has 0 aliphatic carbocycles. The zero-order valence-electron chi connectivity index (χ0n) is 12.5. The lowest BCUT2D eigenvalue weighted by atomic mass is 9.87. The highest BCUT2D eigenvalue weighted by Gasteiger charge is 2.34. The number of carboxylic acid groups (broad SMARTS) is 1. The number of nitrogens with zero attached hydrogens (tertiary/aromatic N) is 2. The summed E-state index contributed by atoms with van der Waals surface area (Å²) in [4.78, 5) is 38.1. The van der Waals surface area contributed by atoms with E-state index in [1.54, 1.807) is 32.7 Å². The molecule has 7 nitrogen and oxygen atoms in total. The van der Waals surface area contributed by atoms with Crippen LogP contribution in [0.5, 0.6) is 0 Å². The minimum Gasteiger partial charge on any atom is -0.480 e. The molecule has 0 saturated carbocycles. The van der Waals surface area contributed by atoms with Crippen molar-refractivity contribution in [2.24, 2.45) is 5.41 Å². The molecule has 0 spiro atoms. The number of amides is 3. The molecule has 20 heavy (non-hydrogen) atoms. The Balaban J connectivity index is 2.74. The minimum atomic E-state index is -1.08. The smallest absolute Gasteiger partial charge is 0.326 e. The summed E-state index contributed by atoms with van der Waals surface area (Å²) < 4.78 is 0. The fourth-order valence-electron chi connectivity index (χ4n) is 2.02. The van der Waals surface area contributed by atoms with Gasteiger partial charge in [0.2, 0.25) is 5.91 Å². The van der Waals surface area contributed by atoms with Crippen molar-refractivity contribution in [1.82, 2.24) is 15.1 Å². The lowest BCUT2D eigenvalue weighted by molar-refractivity contribution is -0.142. The van der Waals surface area contributed by atoms with Crippen molar-refractivity contribution in [2.45, 2.75) is 33.2 Å². The summed E-state index contributed by atoms with van der Waals surface area (Å²) in [5, 5.41) is 11.7. The van der Waals surface area contributed by atoms with Gasteiger partial charge >= 0.3 is 12.0 Å². The van der Waals surface area contributed by atoms with E-state index in [0.29, 0.717) is 19.5 Å². The number of urea groups is 1. The number of carboxylic acids is 1. The Kier molecular flexibility index (Phi) is 4.97. The molecular formula is C13H23N3O4. The monoisotopic (exact) mass is 285 g/mol. The highest BCUT2D eigenvalue weighted by molar-refractivity contribution is 5.87. The van der Waals surface area contributed by atoms with Gasteiger partial charge in [-0.25, -0.2) is 9.59 Å². The molecule has 1 rings (SSSR count). The second-order valence-corrected chi connectivity index (χ2v) is 6.18. The number of carbonyl (C=O) groups is 3. The Morgan fingerprint density at radius 3 is 2.40 bits per heavy atom. The Morgan fingerprint density at radius 2 is 1.90 bits per heavy atom. The Hall–Kier alpha value is -1.79. The van der Waals surface area contributed by atoms with Crippen LogP contribution in [-0.2, 0) is 9.59 Å². The summed E-state index contributed by atoms with van der Waals surface area (Å²) in [6.45, 7) is 6.26. The summed E-state index contributed by atoms with van der Waals surface area (Å²) in [5.41, 5.74) is -0.603. The quantitative estimate of drug-likeness (QED) is 0.766. The zero-order chi connectivity index (χ0) is 15.5. The van der Waals surface area contributed by atoms with Crippen LogP contribution in [0, 0.1) is 5.41 Å². The zero-order valence-corrected chi connectivity index (χ0v) is 12.5. The van der Waals surface area contributed by atoms with Crippen molar-refractivity contribution < 1.29 is 19.5 Å². The normalized spacial score (nSPS) is 18.5. The second-order valence-electron chi connectivity index (χ2n) is 6.18. The summed E-state index contributed by atoms with van der Waals surface area (Å²) in [5.74, 6) is -1.22. The maximum atomic E-state index is 12.1. The van der Waals surface area contributed by atoms with Crippen molar-refractivity contribution in [2.75, 3.05) is 26.7 Å². The van der Waals surface area contributed by atoms with Gasteiger partial charge in [0.05, 0.1) is 0 Å². The molecule has 1 aliphatic rings. The van der Waals surface area contributed by atoms with E-state index < -0.39 is 23.5 Å². The SMILES string of the molecule is CN1CCCN(C(=O)N[C@@H](C(=O)O)C(C)(C)C)CC1=O. The van der Waals surface area contributed by atoms with Gasteiger partial charge in [-0.1, -0.05) is 20.8 Å². The summed E-state index contributed by atoms with van der Waals surface area (Å²) in [7, 11) is 1.69. The van der Waals surface area contributed by atoms with Crippen LogP contribution in [0.25, 0.3) is 0 Å². The molecule has 114 valence electrons. The number of hydrogen-bond acceptors (Lipinski definition) is 3. The van der Waals surface area contributed by atoms with Crippen LogP contribution in [0.3, 0.4) is 0 Å². The fourth-order valence-corrected chi connectivity index (χ4v) is 2.02. The molecule has 0 bridgehead atoms. The van der Waals surface area contributed by atoms with E-state index in [1.807, 2.05) is 0 Å². The predicted molar refractivity (Wildman–Crippen MR) is 73.2 cm³/mol. The van der Waals surface area contributed by atoms with E-state index in [1.165, 1.54) is 4.90 Å². The lowest BCUT2D eigenvalue weighted by Crippen LogP contribution is -2.54. The highest BCUT2D eigenvalue weighted by Crippen LogP contribution is 2.19. The number of nitrogens with one attached hydrogen (secondary N) is 1. The van der Waals surface area contributed by atoms with Gasteiger partial charge in [0.15, 0.2) is 0 Å². The van der Waals surface area contributed by atoms with Crippen LogP contribution in [0.15, 0.2) is 0 Å². The van der Waals surface area contributed by atoms with Crippen LogP contribution >= 0.6 is 0 Å². The number of likely N-dealkylation sites (N-methyl/N-ethyl adjacent to an activating group) is 1. The van der Waals surface area contributed by atoms with Crippen LogP contribution in [0.4, 0.5) is 4.79 Å². The van der Waals surface area contributed by atoms with Crippen molar-refractivity contribution in [3.05, 3.63) is 0 Å². The van der Waals surface area contributed by atoms with Crippen molar-refractivity contribution >= 4 is 17.9 Å². The highest BCUT2D eigenvalue weighted by atomic mass is 16.4. The Morgan fingerprint density at radius 1 is 1.30 bits per heavy atom. The van der Waals surface area contributed by atoms with E-state index in [0.717, 1.165) is 0 Å². The first-order chi connectivity index (χ1) is 9.12. The number of carbonyl (C=O) groups excluding carboxylic acids is 2. The van der Waals surface area contributed by atoms with Crippen LogP contribution in [0.1, 0.15) is 27.2 Å². The third-order valence-electron chi connectivity index (χ3n) is 3.34. The van der Waals surface area contributed by atoms with Crippen molar-refractivity contribution in [1.29, 1.82) is 0 Å². The van der Waals surface area contributed by atoms with Crippen LogP contribution in [0.2, 0.25) is 0 Å². The van der Waals surface area contributed by atoms with E-state index in [9.17, 15) is 19.5 Å². The second kappa shape index (κ2) is 6.11. The van der Waals surface area contributed by atoms with Gasteiger partial charge in [-0.2, -0.15) is 0 Å².